The second-order valence-electron chi connectivity index (χ2n) is 10.4. The molecule has 1 aromatic heterocycles. The number of aryl methyl sites for hydroxylation is 2. The second kappa shape index (κ2) is 6.68. The molecule has 1 aromatic carbocycles. The van der Waals surface area contributed by atoms with E-state index in [1.165, 1.54) is 37.7 Å². The van der Waals surface area contributed by atoms with Crippen LogP contribution in [0.4, 0.5) is 5.95 Å². The second-order valence-corrected chi connectivity index (χ2v) is 10.4. The van der Waals surface area contributed by atoms with Gasteiger partial charge in [-0.05, 0) is 99.6 Å². The van der Waals surface area contributed by atoms with Crippen molar-refractivity contribution in [2.24, 2.45) is 11.3 Å². The summed E-state index contributed by atoms with van der Waals surface area (Å²) in [6.07, 6.45) is 7.55. The van der Waals surface area contributed by atoms with Gasteiger partial charge in [-0.3, -0.25) is 0 Å². The van der Waals surface area contributed by atoms with Gasteiger partial charge in [0.2, 0.25) is 5.95 Å². The Bertz CT molecular complexity index is 1020. The van der Waals surface area contributed by atoms with Crippen molar-refractivity contribution in [3.8, 4) is 5.75 Å². The maximum absolute atomic E-state index is 5.71. The van der Waals surface area contributed by atoms with Crippen LogP contribution in [0.25, 0.3) is 0 Å². The lowest BCUT2D eigenvalue weighted by Crippen LogP contribution is -2.69. The van der Waals surface area contributed by atoms with Gasteiger partial charge >= 0.3 is 0 Å². The molecule has 1 N–H and O–H groups in total. The summed E-state index contributed by atoms with van der Waals surface area (Å²) in [7, 11) is 4.03. The lowest BCUT2D eigenvalue weighted by atomic mass is 9.44. The molecular formula is C26H34N4O. The first-order valence-electron chi connectivity index (χ1n) is 11.9. The molecule has 2 saturated carbocycles. The fourth-order valence-corrected chi connectivity index (χ4v) is 8.30. The molecular weight excluding hydrogens is 384 g/mol. The standard InChI is InChI=1S/C26H34N4O/c1-16-13-17(2)29-24(28-16)30(3)22-8-10-25-9-7-20(22)26(25)11-12-27-23(25)14-18-5-6-19(31-4)15-21(18)26/h5-6,13,15,20,22-23,27H,7-12,14H2,1-4H3. The number of methoxy groups -OCH3 is 1. The minimum atomic E-state index is 0.237. The summed E-state index contributed by atoms with van der Waals surface area (Å²) in [5.41, 5.74) is 5.85. The number of benzene rings is 1. The molecule has 1 aliphatic heterocycles. The highest BCUT2D eigenvalue weighted by Crippen LogP contribution is 2.71. The molecule has 1 saturated heterocycles. The van der Waals surface area contributed by atoms with Crippen LogP contribution in [0.15, 0.2) is 24.3 Å². The maximum Gasteiger partial charge on any atom is 0.225 e. The third-order valence-electron chi connectivity index (χ3n) is 9.36. The lowest BCUT2D eigenvalue weighted by Gasteiger charge is -2.64. The van der Waals surface area contributed by atoms with Gasteiger partial charge < -0.3 is 15.0 Å². The molecule has 5 atom stereocenters. The van der Waals surface area contributed by atoms with Crippen LogP contribution in [0, 0.1) is 25.2 Å². The first-order chi connectivity index (χ1) is 15.0. The van der Waals surface area contributed by atoms with E-state index in [9.17, 15) is 0 Å². The largest absolute Gasteiger partial charge is 0.497 e. The van der Waals surface area contributed by atoms with Crippen LogP contribution in [0.3, 0.4) is 0 Å². The number of anilines is 1. The molecule has 3 fully saturated rings. The van der Waals surface area contributed by atoms with Gasteiger partial charge in [-0.15, -0.1) is 0 Å². The Balaban J connectivity index is 1.49. The SMILES string of the molecule is COc1ccc2c(c1)C13CCNC(C2)C12CCC(N(C)c1nc(C)cc(C)n1)C3CC2. The molecule has 164 valence electrons. The number of rotatable bonds is 3. The number of nitrogens with zero attached hydrogens (tertiary/aromatic N) is 3. The molecule has 6 rings (SSSR count). The number of aromatic nitrogens is 2. The normalized spacial score (nSPS) is 35.3. The molecule has 4 aliphatic rings. The van der Waals surface area contributed by atoms with E-state index in [0.717, 1.165) is 36.1 Å². The molecule has 0 spiro atoms. The number of piperidine rings is 1. The molecule has 31 heavy (non-hydrogen) atoms. The Morgan fingerprint density at radius 1 is 1.06 bits per heavy atom. The molecule has 2 heterocycles. The van der Waals surface area contributed by atoms with E-state index in [1.54, 1.807) is 12.7 Å². The monoisotopic (exact) mass is 418 g/mol. The fourth-order valence-electron chi connectivity index (χ4n) is 8.30. The molecule has 4 bridgehead atoms. The highest BCUT2D eigenvalue weighted by atomic mass is 16.5. The van der Waals surface area contributed by atoms with Crippen LogP contribution in [0.5, 0.6) is 5.75 Å². The predicted octanol–water partition coefficient (Wildman–Crippen LogP) is 3.95. The Labute approximate surface area is 185 Å². The van der Waals surface area contributed by atoms with Crippen LogP contribution in [0.2, 0.25) is 0 Å². The molecule has 0 amide bonds. The first kappa shape index (κ1) is 19.5. The molecule has 5 nitrogen and oxygen atoms in total. The Kier molecular flexibility index (Phi) is 4.21. The molecule has 3 aliphatic carbocycles. The van der Waals surface area contributed by atoms with E-state index in [2.05, 4.69) is 55.4 Å². The number of ether oxygens (including phenoxy) is 1. The van der Waals surface area contributed by atoms with E-state index in [0.29, 0.717) is 23.4 Å². The van der Waals surface area contributed by atoms with Crippen molar-refractivity contribution < 1.29 is 4.74 Å². The van der Waals surface area contributed by atoms with Gasteiger partial charge in [0.1, 0.15) is 5.75 Å². The minimum Gasteiger partial charge on any atom is -0.497 e. The molecule has 5 heteroatoms. The van der Waals surface area contributed by atoms with Crippen molar-refractivity contribution in [1.82, 2.24) is 15.3 Å². The average Bonchev–Trinajstić information content (AvgIpc) is 2.99. The lowest BCUT2D eigenvalue weighted by molar-refractivity contribution is -0.0281. The van der Waals surface area contributed by atoms with Gasteiger partial charge in [0.15, 0.2) is 0 Å². The topological polar surface area (TPSA) is 50.3 Å². The van der Waals surface area contributed by atoms with Crippen LogP contribution in [-0.4, -0.2) is 42.8 Å². The van der Waals surface area contributed by atoms with Crippen LogP contribution >= 0.6 is 0 Å². The van der Waals surface area contributed by atoms with Gasteiger partial charge in [-0.25, -0.2) is 9.97 Å². The number of fused-ring (bicyclic) bond motifs is 1. The highest BCUT2D eigenvalue weighted by molar-refractivity contribution is 5.51. The van der Waals surface area contributed by atoms with Crippen molar-refractivity contribution in [2.45, 2.75) is 69.9 Å². The zero-order valence-electron chi connectivity index (χ0n) is 19.2. The van der Waals surface area contributed by atoms with Gasteiger partial charge in [0.25, 0.3) is 0 Å². The molecule has 0 radical (unpaired) electrons. The third kappa shape index (κ3) is 2.47. The van der Waals surface area contributed by atoms with E-state index in [4.69, 9.17) is 14.7 Å². The fraction of sp³-hybridized carbons (Fsp3) is 0.615. The van der Waals surface area contributed by atoms with E-state index in [-0.39, 0.29) is 5.41 Å². The summed E-state index contributed by atoms with van der Waals surface area (Å²) in [5, 5.41) is 3.95. The third-order valence-corrected chi connectivity index (χ3v) is 9.36. The van der Waals surface area contributed by atoms with Crippen molar-refractivity contribution in [3.05, 3.63) is 46.8 Å². The molecule has 2 aromatic rings. The van der Waals surface area contributed by atoms with Gasteiger partial charge in [-0.2, -0.15) is 0 Å². The van der Waals surface area contributed by atoms with Gasteiger partial charge in [0.05, 0.1) is 7.11 Å². The average molecular weight is 419 g/mol. The zero-order chi connectivity index (χ0) is 21.4. The number of hydrogen-bond acceptors (Lipinski definition) is 5. The van der Waals surface area contributed by atoms with Crippen molar-refractivity contribution in [3.63, 3.8) is 0 Å². The number of nitrogens with one attached hydrogen (secondary N) is 1. The van der Waals surface area contributed by atoms with Gasteiger partial charge in [-0.1, -0.05) is 6.07 Å². The smallest absolute Gasteiger partial charge is 0.225 e. The Morgan fingerprint density at radius 2 is 1.84 bits per heavy atom. The van der Waals surface area contributed by atoms with E-state index in [1.807, 2.05) is 0 Å². The summed E-state index contributed by atoms with van der Waals surface area (Å²) < 4.78 is 5.71. The quantitative estimate of drug-likeness (QED) is 0.818. The van der Waals surface area contributed by atoms with Crippen LogP contribution < -0.4 is 15.0 Å². The Hall–Kier alpha value is -2.14. The number of hydrogen-bond donors (Lipinski definition) is 1. The van der Waals surface area contributed by atoms with Gasteiger partial charge in [0, 0.05) is 35.9 Å². The first-order valence-corrected chi connectivity index (χ1v) is 11.9. The van der Waals surface area contributed by atoms with Crippen molar-refractivity contribution in [1.29, 1.82) is 0 Å². The summed E-state index contributed by atoms with van der Waals surface area (Å²) in [4.78, 5) is 12.1. The van der Waals surface area contributed by atoms with E-state index >= 15 is 0 Å². The summed E-state index contributed by atoms with van der Waals surface area (Å²) >= 11 is 0. The molecule has 5 unspecified atom stereocenters. The van der Waals surface area contributed by atoms with Crippen molar-refractivity contribution >= 4 is 5.95 Å². The summed E-state index contributed by atoms with van der Waals surface area (Å²) in [5.74, 6) is 2.53. The minimum absolute atomic E-state index is 0.237. The van der Waals surface area contributed by atoms with Crippen LogP contribution in [0.1, 0.15) is 54.6 Å². The zero-order valence-corrected chi connectivity index (χ0v) is 19.2. The summed E-state index contributed by atoms with van der Waals surface area (Å²) in [6, 6.07) is 10.0. The summed E-state index contributed by atoms with van der Waals surface area (Å²) in [6.45, 7) is 5.27. The predicted molar refractivity (Wildman–Crippen MR) is 123 cm³/mol. The highest BCUT2D eigenvalue weighted by Gasteiger charge is 2.70. The maximum atomic E-state index is 5.71. The van der Waals surface area contributed by atoms with Crippen molar-refractivity contribution in [2.75, 3.05) is 25.6 Å². The van der Waals surface area contributed by atoms with E-state index < -0.39 is 0 Å². The van der Waals surface area contributed by atoms with Crippen LogP contribution in [-0.2, 0) is 11.8 Å². The Morgan fingerprint density at radius 3 is 2.61 bits per heavy atom.